The van der Waals surface area contributed by atoms with Crippen molar-refractivity contribution in [1.29, 1.82) is 0 Å². The van der Waals surface area contributed by atoms with Crippen molar-refractivity contribution in [2.24, 2.45) is 0 Å². The number of hydrogen-bond acceptors (Lipinski definition) is 6. The first-order valence-electron chi connectivity index (χ1n) is 6.87. The highest BCUT2D eigenvalue weighted by atomic mass is 19.2. The molecule has 0 saturated heterocycles. The van der Waals surface area contributed by atoms with Gasteiger partial charge in [-0.2, -0.15) is 4.98 Å². The highest BCUT2D eigenvalue weighted by molar-refractivity contribution is 5.87. The van der Waals surface area contributed by atoms with Crippen LogP contribution in [0.1, 0.15) is 17.3 Å². The van der Waals surface area contributed by atoms with E-state index in [0.717, 1.165) is 12.1 Å². The summed E-state index contributed by atoms with van der Waals surface area (Å²) in [5.41, 5.74) is 1.51. The molecule has 0 radical (unpaired) electrons. The molecule has 0 aliphatic heterocycles. The molecule has 0 aliphatic carbocycles. The van der Waals surface area contributed by atoms with E-state index in [2.05, 4.69) is 20.4 Å². The van der Waals surface area contributed by atoms with Crippen molar-refractivity contribution in [3.8, 4) is 0 Å². The first kappa shape index (κ1) is 15.3. The molecule has 6 nitrogen and oxygen atoms in total. The molecule has 1 N–H and O–H groups in total. The van der Waals surface area contributed by atoms with Gasteiger partial charge in [0.2, 0.25) is 0 Å². The number of halogens is 2. The van der Waals surface area contributed by atoms with Crippen LogP contribution >= 0.6 is 0 Å². The molecule has 0 aliphatic rings. The number of methoxy groups -OCH3 is 1. The predicted molar refractivity (Wildman–Crippen MR) is 78.9 cm³/mol. The number of anilines is 1. The second kappa shape index (κ2) is 6.25. The van der Waals surface area contributed by atoms with Crippen LogP contribution in [0.5, 0.6) is 0 Å². The Morgan fingerprint density at radius 1 is 1.26 bits per heavy atom. The molecule has 1 aromatic carbocycles. The largest absolute Gasteiger partial charge is 0.382 e. The lowest BCUT2D eigenvalue weighted by molar-refractivity contribution is 0.186. The van der Waals surface area contributed by atoms with Crippen molar-refractivity contribution >= 4 is 16.9 Å². The Bertz CT molecular complexity index is 837. The molecule has 0 spiro atoms. The van der Waals surface area contributed by atoms with Gasteiger partial charge in [0.05, 0.1) is 18.3 Å². The molecular weight excluding hydrogens is 306 g/mol. The van der Waals surface area contributed by atoms with E-state index >= 15 is 0 Å². The fraction of sp³-hybridized carbons (Fsp3) is 0.267. The average Bonchev–Trinajstić information content (AvgIpc) is 2.92. The van der Waals surface area contributed by atoms with E-state index in [1.807, 2.05) is 0 Å². The molecule has 3 aromatic rings. The number of nitrogens with one attached hydrogen (secondary N) is 1. The Morgan fingerprint density at radius 3 is 2.83 bits per heavy atom. The lowest BCUT2D eigenvalue weighted by atomic mass is 10.1. The summed E-state index contributed by atoms with van der Waals surface area (Å²) in [5, 5.41) is 7.63. The smallest absolute Gasteiger partial charge is 0.263 e. The fourth-order valence-corrected chi connectivity index (χ4v) is 2.31. The Balaban J connectivity index is 1.98. The van der Waals surface area contributed by atoms with Gasteiger partial charge in [-0.25, -0.2) is 13.8 Å². The van der Waals surface area contributed by atoms with Crippen LogP contribution in [0.25, 0.3) is 11.1 Å². The van der Waals surface area contributed by atoms with Crippen LogP contribution in [-0.4, -0.2) is 28.8 Å². The summed E-state index contributed by atoms with van der Waals surface area (Å²) in [4.78, 5) is 8.18. The van der Waals surface area contributed by atoms with Crippen molar-refractivity contribution in [2.45, 2.75) is 13.0 Å². The second-order valence-electron chi connectivity index (χ2n) is 5.00. The maximum atomic E-state index is 13.5. The maximum absolute atomic E-state index is 13.5. The number of hydrogen-bond donors (Lipinski definition) is 1. The van der Waals surface area contributed by atoms with Gasteiger partial charge in [-0.3, -0.25) is 0 Å². The minimum Gasteiger partial charge on any atom is -0.382 e. The van der Waals surface area contributed by atoms with Crippen LogP contribution in [0.15, 0.2) is 29.0 Å². The summed E-state index contributed by atoms with van der Waals surface area (Å²) in [7, 11) is 1.52. The van der Waals surface area contributed by atoms with Crippen LogP contribution in [0.4, 0.5) is 14.6 Å². The van der Waals surface area contributed by atoms with Crippen molar-refractivity contribution in [2.75, 3.05) is 19.0 Å². The van der Waals surface area contributed by atoms with Crippen LogP contribution in [-0.2, 0) is 4.74 Å². The third kappa shape index (κ3) is 2.98. The SMILES string of the molecule is COCC(Nc1ncnc2onc(C)c12)c1ccc(F)c(F)c1. The number of fused-ring (bicyclic) bond motifs is 1. The van der Waals surface area contributed by atoms with Gasteiger partial charge in [-0.05, 0) is 24.6 Å². The number of nitrogens with zero attached hydrogens (tertiary/aromatic N) is 3. The van der Waals surface area contributed by atoms with Crippen LogP contribution in [0.3, 0.4) is 0 Å². The molecule has 1 unspecified atom stereocenters. The normalized spacial score (nSPS) is 12.5. The Hall–Kier alpha value is -2.61. The van der Waals surface area contributed by atoms with Crippen molar-refractivity contribution < 1.29 is 18.0 Å². The van der Waals surface area contributed by atoms with E-state index in [-0.39, 0.29) is 6.61 Å². The predicted octanol–water partition coefficient (Wildman–Crippen LogP) is 3.00. The van der Waals surface area contributed by atoms with Gasteiger partial charge < -0.3 is 14.6 Å². The van der Waals surface area contributed by atoms with Crippen LogP contribution in [0, 0.1) is 18.6 Å². The Kier molecular flexibility index (Phi) is 4.16. The lowest BCUT2D eigenvalue weighted by Gasteiger charge is -2.19. The van der Waals surface area contributed by atoms with Gasteiger partial charge in [0.15, 0.2) is 11.6 Å². The summed E-state index contributed by atoms with van der Waals surface area (Å²) in [5.74, 6) is -1.33. The number of aryl methyl sites for hydroxylation is 1. The van der Waals surface area contributed by atoms with E-state index in [1.165, 1.54) is 19.5 Å². The zero-order valence-corrected chi connectivity index (χ0v) is 12.5. The second-order valence-corrected chi connectivity index (χ2v) is 5.00. The van der Waals surface area contributed by atoms with Crippen molar-refractivity contribution in [3.63, 3.8) is 0 Å². The molecule has 2 aromatic heterocycles. The molecule has 0 amide bonds. The van der Waals surface area contributed by atoms with Gasteiger partial charge in [-0.15, -0.1) is 0 Å². The summed E-state index contributed by atoms with van der Waals surface area (Å²) in [6.07, 6.45) is 1.34. The molecule has 0 saturated carbocycles. The summed E-state index contributed by atoms with van der Waals surface area (Å²) in [6.45, 7) is 2.00. The Morgan fingerprint density at radius 2 is 2.09 bits per heavy atom. The molecule has 3 rings (SSSR count). The van der Waals surface area contributed by atoms with Crippen molar-refractivity contribution in [1.82, 2.24) is 15.1 Å². The summed E-state index contributed by atoms with van der Waals surface area (Å²) < 4.78 is 36.9. The highest BCUT2D eigenvalue weighted by Crippen LogP contribution is 2.27. The van der Waals surface area contributed by atoms with Crippen LogP contribution in [0.2, 0.25) is 0 Å². The summed E-state index contributed by atoms with van der Waals surface area (Å²) >= 11 is 0. The monoisotopic (exact) mass is 320 g/mol. The first-order valence-corrected chi connectivity index (χ1v) is 6.87. The first-order chi connectivity index (χ1) is 11.1. The third-order valence-corrected chi connectivity index (χ3v) is 3.43. The maximum Gasteiger partial charge on any atom is 0.263 e. The average molecular weight is 320 g/mol. The van der Waals surface area contributed by atoms with Gasteiger partial charge in [0.1, 0.15) is 17.5 Å². The van der Waals surface area contributed by atoms with E-state index in [1.54, 1.807) is 6.92 Å². The molecule has 120 valence electrons. The topological polar surface area (TPSA) is 73.1 Å². The zero-order valence-electron chi connectivity index (χ0n) is 12.5. The molecule has 8 heteroatoms. The Labute approximate surface area is 130 Å². The van der Waals surface area contributed by atoms with E-state index < -0.39 is 17.7 Å². The van der Waals surface area contributed by atoms with Crippen LogP contribution < -0.4 is 5.32 Å². The third-order valence-electron chi connectivity index (χ3n) is 3.43. The molecule has 1 atom stereocenters. The molecule has 23 heavy (non-hydrogen) atoms. The van der Waals surface area contributed by atoms with Gasteiger partial charge in [0, 0.05) is 7.11 Å². The van der Waals surface area contributed by atoms with E-state index in [4.69, 9.17) is 9.26 Å². The summed E-state index contributed by atoms with van der Waals surface area (Å²) in [6, 6.07) is 3.27. The molecule has 0 fully saturated rings. The number of aromatic nitrogens is 3. The number of rotatable bonds is 5. The quantitative estimate of drug-likeness (QED) is 0.779. The fourth-order valence-electron chi connectivity index (χ4n) is 2.31. The number of ether oxygens (including phenoxy) is 1. The van der Waals surface area contributed by atoms with Gasteiger partial charge in [0.25, 0.3) is 5.71 Å². The zero-order chi connectivity index (χ0) is 16.4. The lowest BCUT2D eigenvalue weighted by Crippen LogP contribution is -2.17. The molecule has 0 bridgehead atoms. The van der Waals surface area contributed by atoms with E-state index in [0.29, 0.717) is 28.2 Å². The number of benzene rings is 1. The highest BCUT2D eigenvalue weighted by Gasteiger charge is 2.18. The van der Waals surface area contributed by atoms with Gasteiger partial charge in [-0.1, -0.05) is 11.2 Å². The molecular formula is C15H14F2N4O2. The van der Waals surface area contributed by atoms with Gasteiger partial charge >= 0.3 is 0 Å². The molecule has 2 heterocycles. The minimum absolute atomic E-state index is 0.237. The standard InChI is InChI=1S/C15H14F2N4O2/c1-8-13-14(18-7-19-15(13)23-21-8)20-12(6-22-2)9-3-4-10(16)11(17)5-9/h3-5,7,12H,6H2,1-2H3,(H,18,19,20). The minimum atomic E-state index is -0.917. The van der Waals surface area contributed by atoms with Crippen molar-refractivity contribution in [3.05, 3.63) is 47.4 Å². The van der Waals surface area contributed by atoms with E-state index in [9.17, 15) is 8.78 Å².